The standard InChI is InChI=1S/C17H23N5O/c1-11-2-3-13-14(8-11)23-15(20-13)17(18)19-9-16(21-17)10-22-6-4-12(16)5-7-22/h2-3,8,12,19,21H,4-7,9-10,18H2,1H3. The summed E-state index contributed by atoms with van der Waals surface area (Å²) in [4.78, 5) is 7.15. The summed E-state index contributed by atoms with van der Waals surface area (Å²) < 4.78 is 5.98. The van der Waals surface area contributed by atoms with Gasteiger partial charge >= 0.3 is 0 Å². The first-order chi connectivity index (χ1) is 11.1. The molecular formula is C17H23N5O. The van der Waals surface area contributed by atoms with Crippen molar-refractivity contribution in [2.75, 3.05) is 26.2 Å². The van der Waals surface area contributed by atoms with E-state index in [0.717, 1.165) is 29.8 Å². The second-order valence-corrected chi connectivity index (χ2v) is 7.48. The van der Waals surface area contributed by atoms with Crippen LogP contribution in [0.2, 0.25) is 0 Å². The average molecular weight is 313 g/mol. The predicted octanol–water partition coefficient (Wildman–Crippen LogP) is 0.862. The predicted molar refractivity (Wildman–Crippen MR) is 87.6 cm³/mol. The molecule has 0 amide bonds. The molecule has 4 fully saturated rings. The lowest BCUT2D eigenvalue weighted by molar-refractivity contribution is 0.0143. The third-order valence-electron chi connectivity index (χ3n) is 5.88. The molecule has 5 heterocycles. The van der Waals surface area contributed by atoms with Crippen LogP contribution in [0.1, 0.15) is 24.3 Å². The number of hydrogen-bond donors (Lipinski definition) is 3. The summed E-state index contributed by atoms with van der Waals surface area (Å²) in [5.41, 5.74) is 9.48. The zero-order chi connectivity index (χ0) is 15.7. The molecule has 6 nitrogen and oxygen atoms in total. The number of aryl methyl sites for hydroxylation is 1. The number of fused-ring (bicyclic) bond motifs is 3. The first-order valence-corrected chi connectivity index (χ1v) is 8.50. The van der Waals surface area contributed by atoms with Gasteiger partial charge in [0.15, 0.2) is 5.58 Å². The molecule has 2 aromatic rings. The number of hydrogen-bond acceptors (Lipinski definition) is 6. The number of nitrogens with two attached hydrogens (primary N) is 1. The molecule has 6 rings (SSSR count). The van der Waals surface area contributed by atoms with E-state index in [2.05, 4.69) is 20.5 Å². The Morgan fingerprint density at radius 3 is 2.91 bits per heavy atom. The van der Waals surface area contributed by atoms with E-state index in [1.807, 2.05) is 25.1 Å². The van der Waals surface area contributed by atoms with Crippen molar-refractivity contribution in [2.45, 2.75) is 31.1 Å². The van der Waals surface area contributed by atoms with Crippen molar-refractivity contribution in [1.82, 2.24) is 20.5 Å². The molecule has 2 atom stereocenters. The zero-order valence-electron chi connectivity index (χ0n) is 13.4. The third kappa shape index (κ3) is 1.99. The Balaban J connectivity index is 1.50. The quantitative estimate of drug-likeness (QED) is 0.725. The van der Waals surface area contributed by atoms with E-state index < -0.39 is 5.79 Å². The lowest BCUT2D eigenvalue weighted by Crippen LogP contribution is -2.68. The van der Waals surface area contributed by atoms with Crippen molar-refractivity contribution in [3.63, 3.8) is 0 Å². The van der Waals surface area contributed by atoms with Crippen molar-refractivity contribution in [1.29, 1.82) is 0 Å². The third-order valence-corrected chi connectivity index (χ3v) is 5.88. The van der Waals surface area contributed by atoms with Crippen molar-refractivity contribution in [2.24, 2.45) is 11.7 Å². The Bertz CT molecular complexity index is 765. The Kier molecular flexibility index (Phi) is 2.75. The van der Waals surface area contributed by atoms with Gasteiger partial charge in [-0.05, 0) is 56.5 Å². The monoisotopic (exact) mass is 313 g/mol. The lowest BCUT2D eigenvalue weighted by atomic mass is 9.73. The van der Waals surface area contributed by atoms with Crippen LogP contribution in [0, 0.1) is 12.8 Å². The van der Waals surface area contributed by atoms with Gasteiger partial charge < -0.3 is 9.32 Å². The average Bonchev–Trinajstić information content (AvgIpc) is 3.11. The van der Waals surface area contributed by atoms with Crippen molar-refractivity contribution >= 4 is 11.1 Å². The second kappa shape index (κ2) is 4.54. The molecule has 1 spiro atoms. The van der Waals surface area contributed by atoms with Gasteiger partial charge in [-0.3, -0.25) is 16.4 Å². The minimum Gasteiger partial charge on any atom is -0.436 e. The highest BCUT2D eigenvalue weighted by Crippen LogP contribution is 2.40. The number of benzene rings is 1. The number of aromatic nitrogens is 1. The van der Waals surface area contributed by atoms with Crippen molar-refractivity contribution in [3.8, 4) is 0 Å². The topological polar surface area (TPSA) is 79.3 Å². The highest BCUT2D eigenvalue weighted by molar-refractivity contribution is 5.73. The van der Waals surface area contributed by atoms with Crippen molar-refractivity contribution < 1.29 is 4.42 Å². The minimum absolute atomic E-state index is 0.0435. The van der Waals surface area contributed by atoms with E-state index in [9.17, 15) is 0 Å². The van der Waals surface area contributed by atoms with E-state index >= 15 is 0 Å². The second-order valence-electron chi connectivity index (χ2n) is 7.48. The number of rotatable bonds is 1. The molecule has 2 bridgehead atoms. The van der Waals surface area contributed by atoms with Crippen LogP contribution >= 0.6 is 0 Å². The zero-order valence-corrected chi connectivity index (χ0v) is 13.4. The van der Waals surface area contributed by atoms with E-state index in [1.165, 1.54) is 25.9 Å². The Hall–Kier alpha value is -1.47. The maximum Gasteiger partial charge on any atom is 0.246 e. The van der Waals surface area contributed by atoms with E-state index in [1.54, 1.807) is 0 Å². The molecule has 1 aromatic carbocycles. The first kappa shape index (κ1) is 13.9. The van der Waals surface area contributed by atoms with Crippen LogP contribution in [0.5, 0.6) is 0 Å². The van der Waals surface area contributed by atoms with E-state index in [-0.39, 0.29) is 5.54 Å². The Labute approximate surface area is 135 Å². The first-order valence-electron chi connectivity index (χ1n) is 8.50. The van der Waals surface area contributed by atoms with Crippen LogP contribution in [-0.4, -0.2) is 41.6 Å². The Morgan fingerprint density at radius 2 is 2.17 bits per heavy atom. The van der Waals surface area contributed by atoms with Gasteiger partial charge in [-0.2, -0.15) is 0 Å². The molecule has 1 aromatic heterocycles. The molecule has 4 saturated heterocycles. The fraction of sp³-hybridized carbons (Fsp3) is 0.588. The highest BCUT2D eigenvalue weighted by Gasteiger charge is 2.56. The van der Waals surface area contributed by atoms with Crippen LogP contribution < -0.4 is 16.4 Å². The molecule has 2 unspecified atom stereocenters. The van der Waals surface area contributed by atoms with Gasteiger partial charge in [0, 0.05) is 18.6 Å². The molecule has 4 aliphatic rings. The van der Waals surface area contributed by atoms with Gasteiger partial charge in [-0.15, -0.1) is 0 Å². The maximum atomic E-state index is 6.62. The van der Waals surface area contributed by atoms with Crippen LogP contribution in [-0.2, 0) is 5.79 Å². The number of nitrogens with zero attached hydrogens (tertiary/aromatic N) is 2. The molecule has 6 heteroatoms. The molecule has 4 aliphatic heterocycles. The largest absolute Gasteiger partial charge is 0.436 e. The highest BCUT2D eigenvalue weighted by atomic mass is 16.4. The van der Waals surface area contributed by atoms with Crippen LogP contribution in [0.4, 0.5) is 0 Å². The van der Waals surface area contributed by atoms with Crippen molar-refractivity contribution in [3.05, 3.63) is 29.7 Å². The Morgan fingerprint density at radius 1 is 1.35 bits per heavy atom. The molecule has 23 heavy (non-hydrogen) atoms. The number of nitrogens with one attached hydrogen (secondary N) is 2. The molecule has 0 aliphatic carbocycles. The molecule has 0 saturated carbocycles. The van der Waals surface area contributed by atoms with Gasteiger partial charge in [-0.25, -0.2) is 4.98 Å². The summed E-state index contributed by atoms with van der Waals surface area (Å²) in [7, 11) is 0. The summed E-state index contributed by atoms with van der Waals surface area (Å²) >= 11 is 0. The smallest absolute Gasteiger partial charge is 0.246 e. The molecule has 122 valence electrons. The van der Waals surface area contributed by atoms with Gasteiger partial charge in [-0.1, -0.05) is 6.07 Å². The van der Waals surface area contributed by atoms with Crippen LogP contribution in [0.15, 0.2) is 22.6 Å². The fourth-order valence-electron chi connectivity index (χ4n) is 4.62. The summed E-state index contributed by atoms with van der Waals surface area (Å²) in [5, 5.41) is 7.13. The van der Waals surface area contributed by atoms with Gasteiger partial charge in [0.25, 0.3) is 0 Å². The lowest BCUT2D eigenvalue weighted by Gasteiger charge is -2.51. The maximum absolute atomic E-state index is 6.62. The normalized spacial score (nSPS) is 39.6. The van der Waals surface area contributed by atoms with E-state index in [0.29, 0.717) is 11.8 Å². The summed E-state index contributed by atoms with van der Waals surface area (Å²) in [6.07, 6.45) is 2.50. The number of piperidine rings is 3. The summed E-state index contributed by atoms with van der Waals surface area (Å²) in [6, 6.07) is 6.04. The van der Waals surface area contributed by atoms with Gasteiger partial charge in [0.1, 0.15) is 5.52 Å². The van der Waals surface area contributed by atoms with Crippen LogP contribution in [0.25, 0.3) is 11.1 Å². The van der Waals surface area contributed by atoms with Gasteiger partial charge in [0.05, 0.1) is 0 Å². The molecule has 4 N–H and O–H groups in total. The summed E-state index contributed by atoms with van der Waals surface area (Å²) in [6.45, 7) is 6.40. The molecular weight excluding hydrogens is 290 g/mol. The molecule has 0 radical (unpaired) electrons. The fourth-order valence-corrected chi connectivity index (χ4v) is 4.62. The number of oxazole rings is 1. The van der Waals surface area contributed by atoms with Crippen LogP contribution in [0.3, 0.4) is 0 Å². The minimum atomic E-state index is -0.883. The van der Waals surface area contributed by atoms with E-state index in [4.69, 9.17) is 10.2 Å². The SMILES string of the molecule is Cc1ccc2nc(C3(N)NCC4(CN5CCC4CC5)N3)oc2c1. The van der Waals surface area contributed by atoms with Gasteiger partial charge in [0.2, 0.25) is 11.7 Å². The summed E-state index contributed by atoms with van der Waals surface area (Å²) in [5.74, 6) is 0.328.